The van der Waals surface area contributed by atoms with Crippen LogP contribution in [-0.4, -0.2) is 43.3 Å². The maximum Gasteiger partial charge on any atom is 0.0599 e. The van der Waals surface area contributed by atoms with E-state index in [2.05, 4.69) is 24.0 Å². The standard InChI is InChI=1S/C17H27ClN2O/c1-14(13-15-3-5-16(18)6-4-15)20-10-7-17(8-11-20)21-12-2-9-19/h3-6,14,17H,2,7-13,19H2,1H3. The molecule has 3 nitrogen and oxygen atoms in total. The lowest BCUT2D eigenvalue weighted by atomic mass is 10.0. The van der Waals surface area contributed by atoms with E-state index in [0.29, 0.717) is 12.1 Å². The van der Waals surface area contributed by atoms with Crippen LogP contribution >= 0.6 is 11.6 Å². The highest BCUT2D eigenvalue weighted by Gasteiger charge is 2.23. The van der Waals surface area contributed by atoms with Crippen molar-refractivity contribution >= 4 is 11.6 Å². The molecule has 1 aliphatic rings. The molecule has 0 spiro atoms. The molecule has 1 fully saturated rings. The van der Waals surface area contributed by atoms with Crippen LogP contribution in [0, 0.1) is 0 Å². The number of likely N-dealkylation sites (tertiary alicyclic amines) is 1. The van der Waals surface area contributed by atoms with Crippen molar-refractivity contribution in [3.8, 4) is 0 Å². The lowest BCUT2D eigenvalue weighted by molar-refractivity contribution is -0.000416. The van der Waals surface area contributed by atoms with Crippen LogP contribution in [0.2, 0.25) is 5.02 Å². The zero-order chi connectivity index (χ0) is 15.1. The molecule has 0 saturated carbocycles. The van der Waals surface area contributed by atoms with E-state index in [0.717, 1.165) is 56.9 Å². The lowest BCUT2D eigenvalue weighted by Crippen LogP contribution is -2.43. The molecule has 0 aliphatic carbocycles. The topological polar surface area (TPSA) is 38.5 Å². The molecule has 1 atom stereocenters. The average Bonchev–Trinajstić information content (AvgIpc) is 2.50. The highest BCUT2D eigenvalue weighted by molar-refractivity contribution is 6.30. The maximum absolute atomic E-state index is 5.93. The minimum Gasteiger partial charge on any atom is -0.378 e. The smallest absolute Gasteiger partial charge is 0.0599 e. The molecule has 1 aromatic carbocycles. The predicted octanol–water partition coefficient (Wildman–Crippen LogP) is 3.10. The van der Waals surface area contributed by atoms with Crippen molar-refractivity contribution in [1.82, 2.24) is 4.90 Å². The van der Waals surface area contributed by atoms with E-state index >= 15 is 0 Å². The number of nitrogens with two attached hydrogens (primary N) is 1. The highest BCUT2D eigenvalue weighted by Crippen LogP contribution is 2.19. The van der Waals surface area contributed by atoms with Gasteiger partial charge in [-0.25, -0.2) is 0 Å². The quantitative estimate of drug-likeness (QED) is 0.787. The van der Waals surface area contributed by atoms with Crippen LogP contribution in [0.1, 0.15) is 31.7 Å². The maximum atomic E-state index is 5.93. The van der Waals surface area contributed by atoms with Gasteiger partial charge in [-0.3, -0.25) is 0 Å². The van der Waals surface area contributed by atoms with Gasteiger partial charge in [0, 0.05) is 30.8 Å². The molecule has 0 aromatic heterocycles. The third kappa shape index (κ3) is 5.59. The number of rotatable bonds is 7. The largest absolute Gasteiger partial charge is 0.378 e. The number of hydrogen-bond donors (Lipinski definition) is 1. The monoisotopic (exact) mass is 310 g/mol. The molecule has 1 aromatic rings. The summed E-state index contributed by atoms with van der Waals surface area (Å²) in [4.78, 5) is 2.57. The number of piperidine rings is 1. The van der Waals surface area contributed by atoms with Crippen molar-refractivity contribution in [3.63, 3.8) is 0 Å². The van der Waals surface area contributed by atoms with Gasteiger partial charge in [0.25, 0.3) is 0 Å². The van der Waals surface area contributed by atoms with Crippen molar-refractivity contribution in [2.24, 2.45) is 5.73 Å². The van der Waals surface area contributed by atoms with Gasteiger partial charge in [-0.2, -0.15) is 0 Å². The van der Waals surface area contributed by atoms with Crippen LogP contribution in [0.5, 0.6) is 0 Å². The fourth-order valence-corrected chi connectivity index (χ4v) is 3.03. The Kier molecular flexibility index (Phi) is 6.97. The summed E-state index contributed by atoms with van der Waals surface area (Å²) in [6.45, 7) is 6.09. The summed E-state index contributed by atoms with van der Waals surface area (Å²) in [6, 6.07) is 8.77. The SMILES string of the molecule is CC(Cc1ccc(Cl)cc1)N1CCC(OCCCN)CC1. The second kappa shape index (κ2) is 8.74. The fourth-order valence-electron chi connectivity index (χ4n) is 2.91. The Morgan fingerprint density at radius 2 is 1.95 bits per heavy atom. The van der Waals surface area contributed by atoms with Crippen LogP contribution in [0.3, 0.4) is 0 Å². The zero-order valence-electron chi connectivity index (χ0n) is 12.9. The third-order valence-corrected chi connectivity index (χ3v) is 4.50. The van der Waals surface area contributed by atoms with Crippen LogP contribution in [0.4, 0.5) is 0 Å². The molecule has 21 heavy (non-hydrogen) atoms. The van der Waals surface area contributed by atoms with Crippen molar-refractivity contribution in [2.45, 2.75) is 44.8 Å². The van der Waals surface area contributed by atoms with Crippen LogP contribution < -0.4 is 5.73 Å². The van der Waals surface area contributed by atoms with Crippen molar-refractivity contribution in [1.29, 1.82) is 0 Å². The number of hydrogen-bond acceptors (Lipinski definition) is 3. The Bertz CT molecular complexity index is 402. The van der Waals surface area contributed by atoms with Gasteiger partial charge in [-0.05, 0) is 56.8 Å². The van der Waals surface area contributed by atoms with E-state index in [1.807, 2.05) is 12.1 Å². The van der Waals surface area contributed by atoms with Gasteiger partial charge in [0.15, 0.2) is 0 Å². The van der Waals surface area contributed by atoms with Gasteiger partial charge in [-0.15, -0.1) is 0 Å². The Balaban J connectivity index is 1.72. The van der Waals surface area contributed by atoms with E-state index in [-0.39, 0.29) is 0 Å². The van der Waals surface area contributed by atoms with E-state index in [1.54, 1.807) is 0 Å². The summed E-state index contributed by atoms with van der Waals surface area (Å²) in [7, 11) is 0. The summed E-state index contributed by atoms with van der Waals surface area (Å²) in [5, 5.41) is 0.807. The van der Waals surface area contributed by atoms with E-state index in [4.69, 9.17) is 22.1 Å². The molecule has 2 N–H and O–H groups in total. The Morgan fingerprint density at radius 1 is 1.29 bits per heavy atom. The van der Waals surface area contributed by atoms with Crippen molar-refractivity contribution in [3.05, 3.63) is 34.9 Å². The zero-order valence-corrected chi connectivity index (χ0v) is 13.7. The van der Waals surface area contributed by atoms with Gasteiger partial charge < -0.3 is 15.4 Å². The first-order valence-electron chi connectivity index (χ1n) is 7.99. The van der Waals surface area contributed by atoms with Crippen LogP contribution in [-0.2, 0) is 11.2 Å². The predicted molar refractivity (Wildman–Crippen MR) is 88.8 cm³/mol. The van der Waals surface area contributed by atoms with Crippen LogP contribution in [0.25, 0.3) is 0 Å². The lowest BCUT2D eigenvalue weighted by Gasteiger charge is -2.36. The molecule has 0 radical (unpaired) electrons. The molecule has 118 valence electrons. The first-order valence-corrected chi connectivity index (χ1v) is 8.37. The molecule has 1 saturated heterocycles. The molecule has 1 aliphatic heterocycles. The Morgan fingerprint density at radius 3 is 2.57 bits per heavy atom. The molecule has 0 bridgehead atoms. The first kappa shape index (κ1) is 16.8. The van der Waals surface area contributed by atoms with Gasteiger partial charge in [0.05, 0.1) is 6.10 Å². The Hall–Kier alpha value is -0.610. The average molecular weight is 311 g/mol. The molecule has 1 unspecified atom stereocenters. The second-order valence-corrected chi connectivity index (χ2v) is 6.36. The van der Waals surface area contributed by atoms with Gasteiger partial charge in [-0.1, -0.05) is 23.7 Å². The number of nitrogens with zero attached hydrogens (tertiary/aromatic N) is 1. The van der Waals surface area contributed by atoms with Gasteiger partial charge in [0.2, 0.25) is 0 Å². The van der Waals surface area contributed by atoms with Crippen molar-refractivity contribution in [2.75, 3.05) is 26.2 Å². The van der Waals surface area contributed by atoms with Gasteiger partial charge >= 0.3 is 0 Å². The van der Waals surface area contributed by atoms with E-state index < -0.39 is 0 Å². The summed E-state index contributed by atoms with van der Waals surface area (Å²) in [5.41, 5.74) is 6.85. The second-order valence-electron chi connectivity index (χ2n) is 5.93. The minimum absolute atomic E-state index is 0.426. The minimum atomic E-state index is 0.426. The molecule has 0 amide bonds. The highest BCUT2D eigenvalue weighted by atomic mass is 35.5. The molecular formula is C17H27ClN2O. The molecule has 1 heterocycles. The number of ether oxygens (including phenoxy) is 1. The third-order valence-electron chi connectivity index (χ3n) is 4.25. The number of halogens is 1. The van der Waals surface area contributed by atoms with Crippen LogP contribution in [0.15, 0.2) is 24.3 Å². The molecule has 2 rings (SSSR count). The summed E-state index contributed by atoms with van der Waals surface area (Å²) >= 11 is 5.93. The Labute approximate surface area is 133 Å². The van der Waals surface area contributed by atoms with E-state index in [9.17, 15) is 0 Å². The van der Waals surface area contributed by atoms with E-state index in [1.165, 1.54) is 5.56 Å². The number of benzene rings is 1. The first-order chi connectivity index (χ1) is 10.2. The fraction of sp³-hybridized carbons (Fsp3) is 0.647. The van der Waals surface area contributed by atoms with Gasteiger partial charge in [0.1, 0.15) is 0 Å². The van der Waals surface area contributed by atoms with Crippen molar-refractivity contribution < 1.29 is 4.74 Å². The summed E-state index contributed by atoms with van der Waals surface area (Å²) in [5.74, 6) is 0. The molecule has 4 heteroatoms. The summed E-state index contributed by atoms with van der Waals surface area (Å²) in [6.07, 6.45) is 4.74. The summed E-state index contributed by atoms with van der Waals surface area (Å²) < 4.78 is 5.86. The normalized spacial score (nSPS) is 18.8. The molecular weight excluding hydrogens is 284 g/mol.